The largest absolute Gasteiger partial charge is 0.385 e. The van der Waals surface area contributed by atoms with Crippen LogP contribution in [0.5, 0.6) is 0 Å². The van der Waals surface area contributed by atoms with E-state index in [4.69, 9.17) is 14.7 Å². The number of aryl methyl sites for hydroxylation is 1. The molecule has 1 fully saturated rings. The van der Waals surface area contributed by atoms with Crippen molar-refractivity contribution in [2.24, 2.45) is 4.99 Å². The van der Waals surface area contributed by atoms with Crippen molar-refractivity contribution in [2.45, 2.75) is 19.4 Å². The van der Waals surface area contributed by atoms with Gasteiger partial charge in [-0.05, 0) is 32.5 Å². The van der Waals surface area contributed by atoms with Gasteiger partial charge in [-0.25, -0.2) is 9.98 Å². The molecule has 1 aromatic heterocycles. The average molecular weight is 372 g/mol. The first kappa shape index (κ1) is 17.5. The molecule has 1 N–H and O–H groups in total. The summed E-state index contributed by atoms with van der Waals surface area (Å²) >= 11 is 1.69. The van der Waals surface area contributed by atoms with Crippen LogP contribution in [0, 0.1) is 6.92 Å². The number of aromatic nitrogens is 1. The first-order valence-corrected chi connectivity index (χ1v) is 9.84. The van der Waals surface area contributed by atoms with Gasteiger partial charge in [0.2, 0.25) is 0 Å². The molecule has 138 valence electrons. The van der Waals surface area contributed by atoms with E-state index < -0.39 is 0 Å². The number of fused-ring (bicyclic) bond motifs is 2. The smallest absolute Gasteiger partial charge is 0.158 e. The number of thiazole rings is 1. The standard InChI is InChI=1S/C19H25N5OS/c1-13-20-17-18(24-10-9-23(2)14(12-24)8-11-25-3)21-15-6-4-5-7-16(15)22-19(17)26-13/h4-7,14,22H,8-12H2,1-3H3. The van der Waals surface area contributed by atoms with Crippen molar-refractivity contribution in [3.8, 4) is 0 Å². The molecule has 3 heterocycles. The zero-order chi connectivity index (χ0) is 18.1. The maximum Gasteiger partial charge on any atom is 0.158 e. The molecule has 2 aliphatic rings. The maximum atomic E-state index is 5.30. The minimum absolute atomic E-state index is 0.459. The normalized spacial score (nSPS) is 20.0. The van der Waals surface area contributed by atoms with Crippen molar-refractivity contribution in [2.75, 3.05) is 45.7 Å². The molecule has 6 nitrogen and oxygen atoms in total. The highest BCUT2D eigenvalue weighted by Gasteiger charge is 2.30. The number of likely N-dealkylation sites (N-methyl/N-ethyl adjacent to an activating group) is 1. The third-order valence-corrected chi connectivity index (χ3v) is 5.94. The van der Waals surface area contributed by atoms with Gasteiger partial charge in [-0.1, -0.05) is 12.1 Å². The summed E-state index contributed by atoms with van der Waals surface area (Å²) < 4.78 is 5.30. The highest BCUT2D eigenvalue weighted by atomic mass is 32.1. The summed E-state index contributed by atoms with van der Waals surface area (Å²) in [6.45, 7) is 5.74. The fourth-order valence-corrected chi connectivity index (χ4v) is 4.38. The summed E-state index contributed by atoms with van der Waals surface area (Å²) in [4.78, 5) is 14.6. The Morgan fingerprint density at radius 1 is 1.31 bits per heavy atom. The highest BCUT2D eigenvalue weighted by molar-refractivity contribution is 7.16. The van der Waals surface area contributed by atoms with Gasteiger partial charge in [0.05, 0.1) is 16.4 Å². The van der Waals surface area contributed by atoms with Crippen LogP contribution in [0.3, 0.4) is 0 Å². The highest BCUT2D eigenvalue weighted by Crippen LogP contribution is 2.37. The van der Waals surface area contributed by atoms with Gasteiger partial charge in [0, 0.05) is 39.4 Å². The number of methoxy groups -OCH3 is 1. The molecule has 0 saturated carbocycles. The van der Waals surface area contributed by atoms with Crippen LogP contribution < -0.4 is 5.32 Å². The number of para-hydroxylation sites is 2. The second-order valence-corrected chi connectivity index (χ2v) is 8.05. The molecule has 0 aliphatic carbocycles. The Morgan fingerprint density at radius 3 is 3.00 bits per heavy atom. The molecule has 1 atom stereocenters. The van der Waals surface area contributed by atoms with Crippen LogP contribution in [0.1, 0.15) is 17.1 Å². The van der Waals surface area contributed by atoms with E-state index in [2.05, 4.69) is 41.2 Å². The molecule has 0 bridgehead atoms. The fourth-order valence-electron chi connectivity index (χ4n) is 3.55. The number of amidine groups is 1. The topological polar surface area (TPSA) is 53.0 Å². The molecule has 7 heteroatoms. The van der Waals surface area contributed by atoms with Gasteiger partial charge in [0.1, 0.15) is 10.7 Å². The Hall–Kier alpha value is -1.96. The number of anilines is 2. The quantitative estimate of drug-likeness (QED) is 0.898. The molecule has 2 aromatic rings. The van der Waals surface area contributed by atoms with Crippen LogP contribution in [-0.4, -0.2) is 67.1 Å². The van der Waals surface area contributed by atoms with E-state index in [0.717, 1.165) is 65.6 Å². The van der Waals surface area contributed by atoms with Crippen LogP contribution in [0.15, 0.2) is 29.3 Å². The van der Waals surface area contributed by atoms with Gasteiger partial charge in [-0.3, -0.25) is 4.90 Å². The van der Waals surface area contributed by atoms with E-state index in [1.807, 2.05) is 12.1 Å². The second-order valence-electron chi connectivity index (χ2n) is 6.85. The van der Waals surface area contributed by atoms with Crippen molar-refractivity contribution in [3.05, 3.63) is 35.0 Å². The summed E-state index contributed by atoms with van der Waals surface area (Å²) in [5, 5.41) is 5.67. The van der Waals surface area contributed by atoms with E-state index in [9.17, 15) is 0 Å². The molecule has 1 aromatic carbocycles. The fraction of sp³-hybridized carbons (Fsp3) is 0.474. The third kappa shape index (κ3) is 3.34. The Kier molecular flexibility index (Phi) is 4.93. The van der Waals surface area contributed by atoms with Crippen molar-refractivity contribution in [1.29, 1.82) is 0 Å². The number of aliphatic imine (C=N–C) groups is 1. The molecular weight excluding hydrogens is 346 g/mol. The number of rotatable bonds is 3. The zero-order valence-corrected chi connectivity index (χ0v) is 16.3. The minimum Gasteiger partial charge on any atom is -0.385 e. The second kappa shape index (κ2) is 7.34. The summed E-state index contributed by atoms with van der Waals surface area (Å²) in [6, 6.07) is 8.67. The lowest BCUT2D eigenvalue weighted by Crippen LogP contribution is -2.53. The number of nitrogens with one attached hydrogen (secondary N) is 1. The van der Waals surface area contributed by atoms with E-state index in [0.29, 0.717) is 6.04 Å². The number of benzene rings is 1. The van der Waals surface area contributed by atoms with Crippen molar-refractivity contribution < 1.29 is 4.74 Å². The summed E-state index contributed by atoms with van der Waals surface area (Å²) in [6.07, 6.45) is 1.02. The number of ether oxygens (including phenoxy) is 1. The molecule has 1 unspecified atom stereocenters. The average Bonchev–Trinajstić information content (AvgIpc) is 2.93. The monoisotopic (exact) mass is 371 g/mol. The van der Waals surface area contributed by atoms with Crippen LogP contribution >= 0.6 is 11.3 Å². The lowest BCUT2D eigenvalue weighted by Gasteiger charge is -2.40. The van der Waals surface area contributed by atoms with Crippen molar-refractivity contribution in [1.82, 2.24) is 14.8 Å². The maximum absolute atomic E-state index is 5.30. The Morgan fingerprint density at radius 2 is 2.15 bits per heavy atom. The van der Waals surface area contributed by atoms with Crippen molar-refractivity contribution in [3.63, 3.8) is 0 Å². The molecule has 0 amide bonds. The van der Waals surface area contributed by atoms with E-state index >= 15 is 0 Å². The lowest BCUT2D eigenvalue weighted by molar-refractivity contribution is 0.100. The van der Waals surface area contributed by atoms with Crippen LogP contribution in [-0.2, 0) is 4.74 Å². The Balaban J connectivity index is 1.70. The summed E-state index contributed by atoms with van der Waals surface area (Å²) in [5.74, 6) is 0.984. The number of nitrogens with zero attached hydrogens (tertiary/aromatic N) is 4. The molecule has 0 spiro atoms. The predicted octanol–water partition coefficient (Wildman–Crippen LogP) is 3.24. The van der Waals surface area contributed by atoms with E-state index in [1.165, 1.54) is 0 Å². The number of hydrogen-bond acceptors (Lipinski definition) is 7. The first-order chi connectivity index (χ1) is 12.7. The van der Waals surface area contributed by atoms with Gasteiger partial charge < -0.3 is 15.0 Å². The Bertz CT molecular complexity index is 818. The lowest BCUT2D eigenvalue weighted by atomic mass is 10.1. The van der Waals surface area contributed by atoms with Gasteiger partial charge in [0.25, 0.3) is 0 Å². The number of piperazine rings is 1. The summed E-state index contributed by atoms with van der Waals surface area (Å²) in [7, 11) is 3.96. The van der Waals surface area contributed by atoms with Crippen LogP contribution in [0.2, 0.25) is 0 Å². The SMILES string of the molecule is COCCC1CN(C2=Nc3ccccc3Nc3sc(C)nc32)CCN1C. The minimum atomic E-state index is 0.459. The molecule has 4 rings (SSSR count). The van der Waals surface area contributed by atoms with Gasteiger partial charge in [-0.2, -0.15) is 0 Å². The molecule has 1 saturated heterocycles. The first-order valence-electron chi connectivity index (χ1n) is 9.02. The van der Waals surface area contributed by atoms with Gasteiger partial charge >= 0.3 is 0 Å². The van der Waals surface area contributed by atoms with Crippen molar-refractivity contribution >= 4 is 33.5 Å². The molecule has 0 radical (unpaired) electrons. The van der Waals surface area contributed by atoms with E-state index in [1.54, 1.807) is 18.4 Å². The third-order valence-electron chi connectivity index (χ3n) is 5.06. The van der Waals surface area contributed by atoms with E-state index in [-0.39, 0.29) is 0 Å². The molecule has 2 aliphatic heterocycles. The molecular formula is C19H25N5OS. The summed E-state index contributed by atoms with van der Waals surface area (Å²) in [5.41, 5.74) is 2.98. The van der Waals surface area contributed by atoms with Gasteiger partial charge in [-0.15, -0.1) is 11.3 Å². The van der Waals surface area contributed by atoms with Crippen LogP contribution in [0.25, 0.3) is 0 Å². The molecule has 26 heavy (non-hydrogen) atoms. The van der Waals surface area contributed by atoms with Crippen LogP contribution in [0.4, 0.5) is 16.4 Å². The number of hydrogen-bond donors (Lipinski definition) is 1. The predicted molar refractivity (Wildman–Crippen MR) is 107 cm³/mol. The Labute approximate surface area is 158 Å². The van der Waals surface area contributed by atoms with Gasteiger partial charge in [0.15, 0.2) is 5.84 Å². The zero-order valence-electron chi connectivity index (χ0n) is 15.5.